The van der Waals surface area contributed by atoms with E-state index in [1.165, 1.54) is 16.8 Å². The molecule has 0 aromatic carbocycles. The maximum absolute atomic E-state index is 11.9. The van der Waals surface area contributed by atoms with E-state index in [0.29, 0.717) is 11.0 Å². The Bertz CT molecular complexity index is 499. The van der Waals surface area contributed by atoms with Gasteiger partial charge in [-0.15, -0.1) is 10.2 Å². The lowest BCUT2D eigenvalue weighted by Gasteiger charge is -2.23. The van der Waals surface area contributed by atoms with Gasteiger partial charge in [-0.1, -0.05) is 25.2 Å². The highest BCUT2D eigenvalue weighted by Crippen LogP contribution is 2.09. The number of anilines is 1. The number of carbonyl (C=O) groups excluding carboxylic acids is 2. The van der Waals surface area contributed by atoms with Gasteiger partial charge in [-0.2, -0.15) is 0 Å². The molecule has 0 aliphatic heterocycles. The molecule has 130 valence electrons. The molecule has 0 aliphatic rings. The van der Waals surface area contributed by atoms with E-state index in [0.717, 1.165) is 6.42 Å². The van der Waals surface area contributed by atoms with Crippen molar-refractivity contribution in [1.82, 2.24) is 20.8 Å². The Balaban J connectivity index is 2.48. The summed E-state index contributed by atoms with van der Waals surface area (Å²) in [6.07, 6.45) is 0.219. The molecule has 23 heavy (non-hydrogen) atoms. The third-order valence-corrected chi connectivity index (χ3v) is 3.17. The highest BCUT2D eigenvalue weighted by atomic mass is 32.1. The lowest BCUT2D eigenvalue weighted by Crippen LogP contribution is -2.46. The van der Waals surface area contributed by atoms with Crippen LogP contribution in [0.25, 0.3) is 0 Å². The predicted octanol–water partition coefficient (Wildman–Crippen LogP) is 2.60. The zero-order chi connectivity index (χ0) is 17.5. The van der Waals surface area contributed by atoms with Gasteiger partial charge in [0, 0.05) is 12.6 Å². The molecule has 0 unspecified atom stereocenters. The standard InChI is InChI=1S/C14H25N5O3S/c1-9(2)6-10(7-15-13(21)22-14(3,4)5)17-11(20)18-12-19-16-8-23-12/h8-10H,6-7H2,1-5H3,(H,15,21)(H2,17,18,19,20)/t10-/m1/s1. The van der Waals surface area contributed by atoms with Crippen molar-refractivity contribution in [3.63, 3.8) is 0 Å². The second-order valence-corrected chi connectivity index (χ2v) is 7.38. The van der Waals surface area contributed by atoms with Gasteiger partial charge in [-0.25, -0.2) is 9.59 Å². The number of alkyl carbamates (subject to hydrolysis) is 1. The number of ether oxygens (including phenoxy) is 1. The fourth-order valence-electron chi connectivity index (χ4n) is 1.83. The van der Waals surface area contributed by atoms with Gasteiger partial charge in [0.25, 0.3) is 0 Å². The monoisotopic (exact) mass is 343 g/mol. The first-order valence-corrected chi connectivity index (χ1v) is 8.34. The van der Waals surface area contributed by atoms with Gasteiger partial charge in [0.2, 0.25) is 5.13 Å². The molecule has 9 heteroatoms. The van der Waals surface area contributed by atoms with Crippen molar-refractivity contribution in [2.45, 2.75) is 52.7 Å². The van der Waals surface area contributed by atoms with Crippen molar-refractivity contribution in [3.05, 3.63) is 5.51 Å². The largest absolute Gasteiger partial charge is 0.444 e. The minimum absolute atomic E-state index is 0.213. The summed E-state index contributed by atoms with van der Waals surface area (Å²) >= 11 is 1.23. The van der Waals surface area contributed by atoms with Crippen LogP contribution in [0.1, 0.15) is 41.0 Å². The van der Waals surface area contributed by atoms with E-state index in [1.54, 1.807) is 20.8 Å². The van der Waals surface area contributed by atoms with Gasteiger partial charge in [-0.3, -0.25) is 5.32 Å². The number of nitrogens with one attached hydrogen (secondary N) is 3. The molecule has 0 aliphatic carbocycles. The third-order valence-electron chi connectivity index (χ3n) is 2.56. The number of nitrogens with zero attached hydrogens (tertiary/aromatic N) is 2. The van der Waals surface area contributed by atoms with Crippen molar-refractivity contribution in [2.75, 3.05) is 11.9 Å². The summed E-state index contributed by atoms with van der Waals surface area (Å²) in [6.45, 7) is 9.77. The first-order chi connectivity index (χ1) is 10.7. The smallest absolute Gasteiger partial charge is 0.407 e. The van der Waals surface area contributed by atoms with Crippen molar-refractivity contribution >= 4 is 28.6 Å². The maximum atomic E-state index is 11.9. The minimum Gasteiger partial charge on any atom is -0.444 e. The average Bonchev–Trinajstić information content (AvgIpc) is 2.85. The molecule has 0 saturated carbocycles. The Hall–Kier alpha value is -1.90. The van der Waals surface area contributed by atoms with Gasteiger partial charge in [-0.05, 0) is 33.1 Å². The van der Waals surface area contributed by atoms with Crippen LogP contribution in [-0.4, -0.2) is 40.5 Å². The molecule has 0 radical (unpaired) electrons. The Kier molecular flexibility index (Phi) is 7.21. The number of amides is 3. The molecule has 1 aromatic heterocycles. The van der Waals surface area contributed by atoms with E-state index >= 15 is 0 Å². The van der Waals surface area contributed by atoms with Gasteiger partial charge in [0.1, 0.15) is 11.1 Å². The summed E-state index contributed by atoms with van der Waals surface area (Å²) in [4.78, 5) is 23.7. The first kappa shape index (κ1) is 19.1. The second-order valence-electron chi connectivity index (χ2n) is 6.55. The van der Waals surface area contributed by atoms with Gasteiger partial charge >= 0.3 is 12.1 Å². The summed E-state index contributed by atoms with van der Waals surface area (Å²) in [6, 6.07) is -0.589. The van der Waals surface area contributed by atoms with Crippen LogP contribution in [-0.2, 0) is 4.74 Å². The highest BCUT2D eigenvalue weighted by molar-refractivity contribution is 7.13. The zero-order valence-corrected chi connectivity index (χ0v) is 15.0. The van der Waals surface area contributed by atoms with Gasteiger partial charge in [0.05, 0.1) is 0 Å². The van der Waals surface area contributed by atoms with Crippen molar-refractivity contribution in [1.29, 1.82) is 0 Å². The average molecular weight is 343 g/mol. The molecule has 0 spiro atoms. The summed E-state index contributed by atoms with van der Waals surface area (Å²) in [5, 5.41) is 15.9. The molecule has 0 bridgehead atoms. The van der Waals surface area contributed by atoms with E-state index in [2.05, 4.69) is 26.1 Å². The molecule has 3 amide bonds. The summed E-state index contributed by atoms with van der Waals surface area (Å²) in [5.74, 6) is 0.363. The Labute approximate surface area is 140 Å². The van der Waals surface area contributed by atoms with E-state index in [1.807, 2.05) is 13.8 Å². The minimum atomic E-state index is -0.555. The maximum Gasteiger partial charge on any atom is 0.407 e. The predicted molar refractivity (Wildman–Crippen MR) is 89.5 cm³/mol. The number of carbonyl (C=O) groups is 2. The van der Waals surface area contributed by atoms with Crippen LogP contribution in [0, 0.1) is 5.92 Å². The van der Waals surface area contributed by atoms with Crippen molar-refractivity contribution < 1.29 is 14.3 Å². The summed E-state index contributed by atoms with van der Waals surface area (Å²) in [7, 11) is 0. The SMILES string of the molecule is CC(C)C[C@H](CNC(=O)OC(C)(C)C)NC(=O)Nc1nncs1. The number of urea groups is 1. The fraction of sp³-hybridized carbons (Fsp3) is 0.714. The van der Waals surface area contributed by atoms with Crippen LogP contribution >= 0.6 is 11.3 Å². The molecule has 3 N–H and O–H groups in total. The van der Waals surface area contributed by atoms with E-state index < -0.39 is 11.7 Å². The van der Waals surface area contributed by atoms with Crippen LogP contribution in [0.5, 0.6) is 0 Å². The third kappa shape index (κ3) is 8.97. The Morgan fingerprint density at radius 1 is 1.35 bits per heavy atom. The number of rotatable bonds is 6. The van der Waals surface area contributed by atoms with Crippen LogP contribution < -0.4 is 16.0 Å². The van der Waals surface area contributed by atoms with Crippen LogP contribution in [0.3, 0.4) is 0 Å². The molecule has 1 atom stereocenters. The van der Waals surface area contributed by atoms with Crippen LogP contribution in [0.2, 0.25) is 0 Å². The topological polar surface area (TPSA) is 105 Å². The van der Waals surface area contributed by atoms with E-state index in [-0.39, 0.29) is 18.6 Å². The molecular weight excluding hydrogens is 318 g/mol. The van der Waals surface area contributed by atoms with E-state index in [9.17, 15) is 9.59 Å². The van der Waals surface area contributed by atoms with Gasteiger partial charge in [0.15, 0.2) is 0 Å². The first-order valence-electron chi connectivity index (χ1n) is 7.46. The van der Waals surface area contributed by atoms with Crippen LogP contribution in [0.15, 0.2) is 5.51 Å². The lowest BCUT2D eigenvalue weighted by molar-refractivity contribution is 0.0521. The second kappa shape index (κ2) is 8.66. The summed E-state index contributed by atoms with van der Waals surface area (Å²) in [5.41, 5.74) is 0.978. The van der Waals surface area contributed by atoms with Gasteiger partial charge < -0.3 is 15.4 Å². The molecular formula is C14H25N5O3S. The molecule has 0 fully saturated rings. The number of hydrogen-bond acceptors (Lipinski definition) is 6. The number of hydrogen-bond donors (Lipinski definition) is 3. The van der Waals surface area contributed by atoms with E-state index in [4.69, 9.17) is 4.74 Å². The molecule has 0 saturated heterocycles. The van der Waals surface area contributed by atoms with Crippen molar-refractivity contribution in [3.8, 4) is 0 Å². The fourth-order valence-corrected chi connectivity index (χ4v) is 2.27. The van der Waals surface area contributed by atoms with Crippen LogP contribution in [0.4, 0.5) is 14.7 Å². The lowest BCUT2D eigenvalue weighted by atomic mass is 10.0. The molecule has 1 rings (SSSR count). The number of aromatic nitrogens is 2. The normalized spacial score (nSPS) is 12.6. The Morgan fingerprint density at radius 2 is 2.04 bits per heavy atom. The Morgan fingerprint density at radius 3 is 2.57 bits per heavy atom. The molecule has 1 heterocycles. The highest BCUT2D eigenvalue weighted by Gasteiger charge is 2.19. The quantitative estimate of drug-likeness (QED) is 0.736. The van der Waals surface area contributed by atoms with Crippen molar-refractivity contribution in [2.24, 2.45) is 5.92 Å². The summed E-state index contributed by atoms with van der Waals surface area (Å²) < 4.78 is 5.19. The zero-order valence-electron chi connectivity index (χ0n) is 14.2. The molecule has 1 aromatic rings. The molecule has 8 nitrogen and oxygen atoms in total.